The highest BCUT2D eigenvalue weighted by Gasteiger charge is 2.68. The lowest BCUT2D eigenvalue weighted by Crippen LogP contribution is -2.63. The van der Waals surface area contributed by atoms with Gasteiger partial charge in [0.25, 0.3) is 0 Å². The Bertz CT molecular complexity index is 831. The van der Waals surface area contributed by atoms with Gasteiger partial charge in [-0.2, -0.15) is 0 Å². The van der Waals surface area contributed by atoms with Crippen molar-refractivity contribution in [2.24, 2.45) is 34.5 Å². The maximum absolute atomic E-state index is 12.4. The number of likely N-dealkylation sites (tertiary alicyclic amines) is 1. The standard InChI is InChI=1S/C28H44NO3/c1-26-11-8-21(29(3)14-4-5-15-29)17-20(26)6-7-24-23(26)9-12-27(2)22(10-13-28(24,27)31)19-16-25(30)32-18-19/h16,20-24,31H,4-15,17-18H2,1-3H3/q+1/t20-,21+,22-,23+,24-,26+,27-,28+/m1/s1. The third-order valence-corrected chi connectivity index (χ3v) is 12.4. The molecule has 0 radical (unpaired) electrons. The number of ether oxygens (including phenoxy) is 1. The van der Waals surface area contributed by atoms with Gasteiger partial charge in [-0.3, -0.25) is 0 Å². The average molecular weight is 443 g/mol. The molecule has 32 heavy (non-hydrogen) atoms. The fourth-order valence-electron chi connectivity index (χ4n) is 10.4. The van der Waals surface area contributed by atoms with E-state index in [2.05, 4.69) is 20.9 Å². The minimum absolute atomic E-state index is 0.109. The Hall–Kier alpha value is -0.870. The van der Waals surface area contributed by atoms with Crippen molar-refractivity contribution in [3.05, 3.63) is 11.6 Å². The molecule has 2 aliphatic heterocycles. The summed E-state index contributed by atoms with van der Waals surface area (Å²) in [4.78, 5) is 11.8. The summed E-state index contributed by atoms with van der Waals surface area (Å²) in [7, 11) is 2.53. The normalized spacial score (nSPS) is 52.1. The van der Waals surface area contributed by atoms with Crippen molar-refractivity contribution in [1.82, 2.24) is 0 Å². The largest absolute Gasteiger partial charge is 0.458 e. The molecule has 4 saturated carbocycles. The Balaban J connectivity index is 1.25. The van der Waals surface area contributed by atoms with Crippen LogP contribution in [0.3, 0.4) is 0 Å². The van der Waals surface area contributed by atoms with Gasteiger partial charge in [-0.1, -0.05) is 13.8 Å². The van der Waals surface area contributed by atoms with Crippen LogP contribution in [0.15, 0.2) is 11.6 Å². The van der Waals surface area contributed by atoms with Crippen LogP contribution in [0.25, 0.3) is 0 Å². The number of hydrogen-bond acceptors (Lipinski definition) is 3. The number of hydrogen-bond donors (Lipinski definition) is 1. The molecule has 178 valence electrons. The molecule has 6 aliphatic rings. The lowest BCUT2D eigenvalue weighted by atomic mass is 9.43. The first-order valence-corrected chi connectivity index (χ1v) is 13.6. The minimum Gasteiger partial charge on any atom is -0.458 e. The van der Waals surface area contributed by atoms with Crippen LogP contribution in [0.1, 0.15) is 84.5 Å². The average Bonchev–Trinajstić information content (AvgIpc) is 3.45. The summed E-state index contributed by atoms with van der Waals surface area (Å²) in [5.74, 6) is 2.05. The van der Waals surface area contributed by atoms with E-state index in [0.717, 1.165) is 36.8 Å². The highest BCUT2D eigenvalue weighted by molar-refractivity contribution is 5.85. The molecule has 1 N–H and O–H groups in total. The zero-order valence-corrected chi connectivity index (χ0v) is 20.6. The van der Waals surface area contributed by atoms with Gasteiger partial charge in [0.15, 0.2) is 0 Å². The number of cyclic esters (lactones) is 1. The number of aliphatic hydroxyl groups is 1. The number of nitrogens with zero attached hydrogens (tertiary/aromatic N) is 1. The molecule has 2 heterocycles. The molecule has 6 rings (SSSR count). The van der Waals surface area contributed by atoms with Gasteiger partial charge in [-0.25, -0.2) is 4.79 Å². The minimum atomic E-state index is -0.578. The van der Waals surface area contributed by atoms with Gasteiger partial charge >= 0.3 is 5.97 Å². The number of carbonyl (C=O) groups is 1. The quantitative estimate of drug-likeness (QED) is 0.491. The summed E-state index contributed by atoms with van der Waals surface area (Å²) in [6, 6.07) is 0.867. The highest BCUT2D eigenvalue weighted by Crippen LogP contribution is 2.70. The molecule has 4 nitrogen and oxygen atoms in total. The van der Waals surface area contributed by atoms with Crippen molar-refractivity contribution in [2.45, 2.75) is 96.1 Å². The van der Waals surface area contributed by atoms with Gasteiger partial charge in [-0.15, -0.1) is 0 Å². The predicted octanol–water partition coefficient (Wildman–Crippen LogP) is 4.85. The second-order valence-corrected chi connectivity index (χ2v) is 13.4. The smallest absolute Gasteiger partial charge is 0.331 e. The summed E-state index contributed by atoms with van der Waals surface area (Å²) < 4.78 is 6.61. The number of carbonyl (C=O) groups excluding carboxylic acids is 1. The predicted molar refractivity (Wildman–Crippen MR) is 125 cm³/mol. The number of quaternary nitrogens is 1. The Labute approximate surface area is 194 Å². The van der Waals surface area contributed by atoms with Crippen LogP contribution in [0, 0.1) is 34.5 Å². The molecule has 0 aromatic rings. The van der Waals surface area contributed by atoms with E-state index in [-0.39, 0.29) is 11.4 Å². The van der Waals surface area contributed by atoms with E-state index < -0.39 is 5.60 Å². The molecule has 8 atom stereocenters. The number of esters is 1. The zero-order valence-electron chi connectivity index (χ0n) is 20.6. The molecule has 0 amide bonds. The molecular weight excluding hydrogens is 398 g/mol. The Morgan fingerprint density at radius 1 is 1.00 bits per heavy atom. The molecular formula is C28H44NO3+. The fourth-order valence-corrected chi connectivity index (χ4v) is 10.4. The van der Waals surface area contributed by atoms with Crippen LogP contribution in [0.4, 0.5) is 0 Å². The zero-order chi connectivity index (χ0) is 22.4. The second-order valence-electron chi connectivity index (χ2n) is 13.4. The molecule has 4 heteroatoms. The van der Waals surface area contributed by atoms with Gasteiger partial charge in [0.05, 0.1) is 31.8 Å². The molecule has 1 saturated heterocycles. The first-order valence-electron chi connectivity index (χ1n) is 13.6. The van der Waals surface area contributed by atoms with E-state index in [0.29, 0.717) is 29.8 Å². The molecule has 0 aromatic heterocycles. The van der Waals surface area contributed by atoms with Gasteiger partial charge in [0.2, 0.25) is 0 Å². The Morgan fingerprint density at radius 3 is 2.50 bits per heavy atom. The first kappa shape index (κ1) is 21.6. The maximum Gasteiger partial charge on any atom is 0.331 e. The van der Waals surface area contributed by atoms with E-state index in [4.69, 9.17) is 4.74 Å². The SMILES string of the molecule is C[C@]12CC[C@H]([N+]3(C)CCCC3)C[C@H]1CC[C@@H]1[C@@H]2CC[C@]2(C)[C@@H](C3=CC(=O)OC3)CC[C@]12O. The van der Waals surface area contributed by atoms with Crippen LogP contribution in [-0.4, -0.2) is 53.9 Å². The van der Waals surface area contributed by atoms with Gasteiger partial charge in [0, 0.05) is 30.8 Å². The number of rotatable bonds is 2. The molecule has 0 spiro atoms. The third kappa shape index (κ3) is 2.78. The van der Waals surface area contributed by atoms with E-state index in [1.807, 2.05) is 0 Å². The second kappa shape index (κ2) is 7.07. The molecule has 0 aromatic carbocycles. The van der Waals surface area contributed by atoms with E-state index in [1.54, 1.807) is 6.08 Å². The van der Waals surface area contributed by atoms with Gasteiger partial charge in [-0.05, 0) is 86.0 Å². The van der Waals surface area contributed by atoms with Crippen LogP contribution in [-0.2, 0) is 9.53 Å². The van der Waals surface area contributed by atoms with Crippen LogP contribution in [0.2, 0.25) is 0 Å². The fraction of sp³-hybridized carbons (Fsp3) is 0.893. The van der Waals surface area contributed by atoms with Crippen molar-refractivity contribution in [1.29, 1.82) is 0 Å². The Morgan fingerprint density at radius 2 is 1.78 bits per heavy atom. The van der Waals surface area contributed by atoms with Gasteiger partial charge in [0.1, 0.15) is 6.61 Å². The first-order chi connectivity index (χ1) is 15.2. The summed E-state index contributed by atoms with van der Waals surface area (Å²) in [5.41, 5.74) is 0.863. The summed E-state index contributed by atoms with van der Waals surface area (Å²) in [6.07, 6.45) is 15.5. The lowest BCUT2D eigenvalue weighted by molar-refractivity contribution is -0.924. The molecule has 5 fully saturated rings. The van der Waals surface area contributed by atoms with Crippen LogP contribution in [0.5, 0.6) is 0 Å². The van der Waals surface area contributed by atoms with Crippen molar-refractivity contribution in [2.75, 3.05) is 26.7 Å². The molecule has 0 unspecified atom stereocenters. The summed E-state index contributed by atoms with van der Waals surface area (Å²) in [5, 5.41) is 12.4. The van der Waals surface area contributed by atoms with E-state index in [9.17, 15) is 9.90 Å². The topological polar surface area (TPSA) is 46.5 Å². The van der Waals surface area contributed by atoms with Crippen molar-refractivity contribution >= 4 is 5.97 Å². The van der Waals surface area contributed by atoms with Crippen molar-refractivity contribution in [3.8, 4) is 0 Å². The molecule has 0 bridgehead atoms. The van der Waals surface area contributed by atoms with Crippen LogP contribution >= 0.6 is 0 Å². The van der Waals surface area contributed by atoms with Crippen molar-refractivity contribution < 1.29 is 19.1 Å². The summed E-state index contributed by atoms with van der Waals surface area (Å²) >= 11 is 0. The third-order valence-electron chi connectivity index (χ3n) is 12.4. The summed E-state index contributed by atoms with van der Waals surface area (Å²) in [6.45, 7) is 8.18. The molecule has 4 aliphatic carbocycles. The van der Waals surface area contributed by atoms with Crippen molar-refractivity contribution in [3.63, 3.8) is 0 Å². The number of fused-ring (bicyclic) bond motifs is 5. The maximum atomic E-state index is 12.4. The highest BCUT2D eigenvalue weighted by atomic mass is 16.5. The van der Waals surface area contributed by atoms with Crippen LogP contribution < -0.4 is 0 Å². The monoisotopic (exact) mass is 442 g/mol. The van der Waals surface area contributed by atoms with E-state index >= 15 is 0 Å². The van der Waals surface area contributed by atoms with E-state index in [1.165, 1.54) is 68.9 Å². The lowest BCUT2D eigenvalue weighted by Gasteiger charge is -2.64. The Kier molecular flexibility index (Phi) is 4.78. The van der Waals surface area contributed by atoms with Gasteiger partial charge < -0.3 is 14.3 Å².